The molecular weight excluding hydrogens is 174 g/mol. The summed E-state index contributed by atoms with van der Waals surface area (Å²) < 4.78 is 4.86. The van der Waals surface area contributed by atoms with E-state index in [1.165, 1.54) is 0 Å². The summed E-state index contributed by atoms with van der Waals surface area (Å²) in [6.07, 6.45) is 0.525. The van der Waals surface area contributed by atoms with Gasteiger partial charge in [-0.3, -0.25) is 0 Å². The molecule has 0 amide bonds. The highest BCUT2D eigenvalue weighted by atomic mass is 16.4. The van der Waals surface area contributed by atoms with Crippen LogP contribution in [-0.4, -0.2) is 34.4 Å². The van der Waals surface area contributed by atoms with Crippen molar-refractivity contribution in [1.82, 2.24) is 15.5 Å². The second-order valence-corrected chi connectivity index (χ2v) is 2.70. The van der Waals surface area contributed by atoms with Gasteiger partial charge in [0.2, 0.25) is 5.89 Å². The first-order chi connectivity index (χ1) is 6.13. The van der Waals surface area contributed by atoms with E-state index in [-0.39, 0.29) is 11.9 Å². The topological polar surface area (TPSA) is 88.2 Å². The Bertz CT molecular complexity index is 297. The molecule has 1 unspecified atom stereocenters. The number of rotatable bonds is 4. The number of nitrogens with one attached hydrogen (secondary N) is 1. The fraction of sp³-hybridized carbons (Fsp3) is 0.571. The van der Waals surface area contributed by atoms with Gasteiger partial charge >= 0.3 is 11.9 Å². The zero-order valence-corrected chi connectivity index (χ0v) is 7.44. The van der Waals surface area contributed by atoms with Gasteiger partial charge in [-0.2, -0.15) is 0 Å². The minimum Gasteiger partial charge on any atom is -0.474 e. The van der Waals surface area contributed by atoms with Gasteiger partial charge in [0.15, 0.2) is 0 Å². The lowest BCUT2D eigenvalue weighted by atomic mass is 10.2. The van der Waals surface area contributed by atoms with Crippen molar-refractivity contribution in [3.05, 3.63) is 11.8 Å². The van der Waals surface area contributed by atoms with Gasteiger partial charge < -0.3 is 14.8 Å². The monoisotopic (exact) mass is 185 g/mol. The number of carbonyl (C=O) groups is 1. The molecule has 6 heteroatoms. The highest BCUT2D eigenvalue weighted by Crippen LogP contribution is 2.02. The molecule has 13 heavy (non-hydrogen) atoms. The van der Waals surface area contributed by atoms with Crippen molar-refractivity contribution in [3.8, 4) is 0 Å². The Morgan fingerprint density at radius 2 is 2.38 bits per heavy atom. The predicted octanol–water partition coefficient (Wildman–Crippen LogP) is -0.0818. The van der Waals surface area contributed by atoms with Crippen molar-refractivity contribution < 1.29 is 14.3 Å². The Morgan fingerprint density at radius 3 is 2.85 bits per heavy atom. The van der Waals surface area contributed by atoms with E-state index in [1.54, 1.807) is 7.05 Å². The Kier molecular flexibility index (Phi) is 2.97. The quantitative estimate of drug-likeness (QED) is 0.682. The van der Waals surface area contributed by atoms with Crippen LogP contribution in [0.2, 0.25) is 0 Å². The van der Waals surface area contributed by atoms with Crippen LogP contribution in [0.25, 0.3) is 0 Å². The molecule has 0 fully saturated rings. The molecule has 1 atom stereocenters. The Morgan fingerprint density at radius 1 is 1.69 bits per heavy atom. The molecule has 0 radical (unpaired) electrons. The smallest absolute Gasteiger partial charge is 0.393 e. The van der Waals surface area contributed by atoms with Crippen LogP contribution >= 0.6 is 0 Å². The molecule has 1 aromatic rings. The van der Waals surface area contributed by atoms with Gasteiger partial charge in [-0.25, -0.2) is 4.79 Å². The first-order valence-electron chi connectivity index (χ1n) is 3.86. The van der Waals surface area contributed by atoms with E-state index in [0.717, 1.165) is 0 Å². The molecule has 1 rings (SSSR count). The first-order valence-corrected chi connectivity index (χ1v) is 3.86. The zero-order chi connectivity index (χ0) is 9.84. The lowest BCUT2D eigenvalue weighted by Crippen LogP contribution is -2.23. The number of hydrogen-bond acceptors (Lipinski definition) is 5. The fourth-order valence-electron chi connectivity index (χ4n) is 0.787. The summed E-state index contributed by atoms with van der Waals surface area (Å²) in [5.41, 5.74) is 0. The predicted molar refractivity (Wildman–Crippen MR) is 43.5 cm³/mol. The Hall–Kier alpha value is -1.43. The maximum Gasteiger partial charge on any atom is 0.393 e. The normalized spacial score (nSPS) is 12.8. The summed E-state index contributed by atoms with van der Waals surface area (Å²) in [6.45, 7) is 1.94. The van der Waals surface area contributed by atoms with Gasteiger partial charge in [-0.15, -0.1) is 10.2 Å². The van der Waals surface area contributed by atoms with E-state index in [4.69, 9.17) is 9.52 Å². The summed E-state index contributed by atoms with van der Waals surface area (Å²) in [4.78, 5) is 10.4. The molecule has 1 heterocycles. The van der Waals surface area contributed by atoms with Gasteiger partial charge in [0.05, 0.1) is 0 Å². The maximum absolute atomic E-state index is 10.4. The van der Waals surface area contributed by atoms with Gasteiger partial charge in [-0.1, -0.05) is 0 Å². The average Bonchev–Trinajstić information content (AvgIpc) is 2.52. The lowest BCUT2D eigenvalue weighted by molar-refractivity contribution is 0.0651. The molecule has 0 bridgehead atoms. The standard InChI is InChI=1S/C7H11N3O3/c1-4(8-2)3-5-9-10-6(13-5)7(11)12/h4,8H,3H2,1-2H3,(H,11,12). The highest BCUT2D eigenvalue weighted by Gasteiger charge is 2.13. The zero-order valence-electron chi connectivity index (χ0n) is 7.44. The van der Waals surface area contributed by atoms with Gasteiger partial charge in [0.1, 0.15) is 0 Å². The summed E-state index contributed by atoms with van der Waals surface area (Å²) in [5.74, 6) is -1.23. The second kappa shape index (κ2) is 3.99. The summed E-state index contributed by atoms with van der Waals surface area (Å²) in [6, 6.07) is 0.182. The number of aromatic nitrogens is 2. The SMILES string of the molecule is CNC(C)Cc1nnc(C(=O)O)o1. The van der Waals surface area contributed by atoms with Crippen molar-refractivity contribution in [3.63, 3.8) is 0 Å². The molecular formula is C7H11N3O3. The van der Waals surface area contributed by atoms with Crippen LogP contribution in [0.5, 0.6) is 0 Å². The highest BCUT2D eigenvalue weighted by molar-refractivity contribution is 5.81. The molecule has 6 nitrogen and oxygen atoms in total. The third kappa shape index (κ3) is 2.51. The summed E-state index contributed by atoms with van der Waals surface area (Å²) in [7, 11) is 1.80. The van der Waals surface area contributed by atoms with E-state index in [2.05, 4.69) is 15.5 Å². The molecule has 0 aliphatic rings. The van der Waals surface area contributed by atoms with E-state index in [0.29, 0.717) is 12.3 Å². The molecule has 1 aromatic heterocycles. The summed E-state index contributed by atoms with van der Waals surface area (Å²) >= 11 is 0. The van der Waals surface area contributed by atoms with Gasteiger partial charge in [0, 0.05) is 12.5 Å². The Balaban J connectivity index is 2.64. The third-order valence-electron chi connectivity index (χ3n) is 1.62. The molecule has 72 valence electrons. The van der Waals surface area contributed by atoms with Crippen LogP contribution in [0.1, 0.15) is 23.5 Å². The maximum atomic E-state index is 10.4. The fourth-order valence-corrected chi connectivity index (χ4v) is 0.787. The Labute approximate surface area is 75.0 Å². The van der Waals surface area contributed by atoms with Crippen LogP contribution < -0.4 is 5.32 Å². The minimum absolute atomic E-state index is 0.182. The molecule has 0 aliphatic heterocycles. The van der Waals surface area contributed by atoms with Crippen molar-refractivity contribution in [2.45, 2.75) is 19.4 Å². The van der Waals surface area contributed by atoms with Crippen LogP contribution in [0.15, 0.2) is 4.42 Å². The number of carboxylic acid groups (broad SMARTS) is 1. The molecule has 0 saturated carbocycles. The van der Waals surface area contributed by atoms with E-state index >= 15 is 0 Å². The van der Waals surface area contributed by atoms with Crippen LogP contribution in [0, 0.1) is 0 Å². The van der Waals surface area contributed by atoms with Crippen molar-refractivity contribution in [2.24, 2.45) is 0 Å². The number of carboxylic acids is 1. The molecule has 0 spiro atoms. The van der Waals surface area contributed by atoms with Crippen LogP contribution in [-0.2, 0) is 6.42 Å². The van der Waals surface area contributed by atoms with Crippen molar-refractivity contribution in [1.29, 1.82) is 0 Å². The van der Waals surface area contributed by atoms with Gasteiger partial charge in [0.25, 0.3) is 0 Å². The molecule has 0 saturated heterocycles. The van der Waals surface area contributed by atoms with E-state index < -0.39 is 5.97 Å². The average molecular weight is 185 g/mol. The summed E-state index contributed by atoms with van der Waals surface area (Å²) in [5, 5.41) is 18.4. The van der Waals surface area contributed by atoms with Crippen LogP contribution in [0.4, 0.5) is 0 Å². The second-order valence-electron chi connectivity index (χ2n) is 2.70. The molecule has 2 N–H and O–H groups in total. The number of nitrogens with zero attached hydrogens (tertiary/aromatic N) is 2. The van der Waals surface area contributed by atoms with Gasteiger partial charge in [-0.05, 0) is 14.0 Å². The number of hydrogen-bond donors (Lipinski definition) is 2. The lowest BCUT2D eigenvalue weighted by Gasteiger charge is -2.04. The largest absolute Gasteiger partial charge is 0.474 e. The minimum atomic E-state index is -1.20. The molecule has 0 aromatic carbocycles. The van der Waals surface area contributed by atoms with E-state index in [9.17, 15) is 4.79 Å². The van der Waals surface area contributed by atoms with Crippen LogP contribution in [0.3, 0.4) is 0 Å². The van der Waals surface area contributed by atoms with Crippen molar-refractivity contribution in [2.75, 3.05) is 7.05 Å². The number of likely N-dealkylation sites (N-methyl/N-ethyl adjacent to an activating group) is 1. The third-order valence-corrected chi connectivity index (χ3v) is 1.62. The molecule has 0 aliphatic carbocycles. The van der Waals surface area contributed by atoms with Crippen molar-refractivity contribution >= 4 is 5.97 Å². The number of aromatic carboxylic acids is 1. The first kappa shape index (κ1) is 9.66. The van der Waals surface area contributed by atoms with E-state index in [1.807, 2.05) is 6.92 Å².